The molecule has 0 spiro atoms. The summed E-state index contributed by atoms with van der Waals surface area (Å²) in [7, 11) is 1.62. The fourth-order valence-corrected chi connectivity index (χ4v) is 3.34. The molecule has 2 aromatic rings. The molecule has 0 saturated carbocycles. The van der Waals surface area contributed by atoms with Gasteiger partial charge in [0.05, 0.1) is 20.3 Å². The van der Waals surface area contributed by atoms with Gasteiger partial charge in [-0.05, 0) is 12.1 Å². The van der Waals surface area contributed by atoms with Crippen molar-refractivity contribution in [3.63, 3.8) is 0 Å². The summed E-state index contributed by atoms with van der Waals surface area (Å²) in [6.45, 7) is 5.65. The largest absolute Gasteiger partial charge is 0.497 e. The quantitative estimate of drug-likeness (QED) is 0.605. The van der Waals surface area contributed by atoms with Crippen LogP contribution in [0.25, 0.3) is 0 Å². The molecule has 144 valence electrons. The topological polar surface area (TPSA) is 68.6 Å². The molecule has 1 amide bonds. The van der Waals surface area contributed by atoms with Gasteiger partial charge in [0.25, 0.3) is 5.91 Å². The van der Waals surface area contributed by atoms with Gasteiger partial charge in [-0.3, -0.25) is 4.79 Å². The lowest BCUT2D eigenvalue weighted by Crippen LogP contribution is -3.16. The molecule has 2 aromatic carbocycles. The molecule has 1 fully saturated rings. The van der Waals surface area contributed by atoms with Gasteiger partial charge >= 0.3 is 0 Å². The lowest BCUT2D eigenvalue weighted by atomic mass is 10.1. The maximum Gasteiger partial charge on any atom is 0.287 e. The van der Waals surface area contributed by atoms with E-state index in [9.17, 15) is 4.79 Å². The first-order valence-electron chi connectivity index (χ1n) is 9.51. The number of anilines is 1. The predicted molar refractivity (Wildman–Crippen MR) is 104 cm³/mol. The normalized spacial score (nSPS) is 15.9. The molecular formula is C21H29N3O3+2. The van der Waals surface area contributed by atoms with E-state index in [1.54, 1.807) is 7.11 Å². The maximum absolute atomic E-state index is 13.0. The first-order valence-corrected chi connectivity index (χ1v) is 9.51. The minimum Gasteiger partial charge on any atom is -0.497 e. The lowest BCUT2D eigenvalue weighted by Gasteiger charge is -2.24. The number of carbonyl (C=O) groups is 1. The maximum atomic E-state index is 13.0. The Morgan fingerprint density at radius 2 is 1.96 bits per heavy atom. The standard InChI is InChI=1S/C21H27N3O3/c1-26-19-9-5-8-18(16-19)23-21(25)20(17-6-3-2-4-7-17)22-10-11-24-12-14-27-15-13-24/h2-9,16,20,22H,10-15H2,1H3,(H,23,25)/p+2/t20-/m0/s1. The fourth-order valence-electron chi connectivity index (χ4n) is 3.34. The molecule has 0 aliphatic carbocycles. The van der Waals surface area contributed by atoms with Crippen molar-refractivity contribution < 1.29 is 24.5 Å². The Balaban J connectivity index is 1.64. The van der Waals surface area contributed by atoms with Crippen molar-refractivity contribution in [1.82, 2.24) is 0 Å². The van der Waals surface area contributed by atoms with E-state index in [-0.39, 0.29) is 11.9 Å². The van der Waals surface area contributed by atoms with Gasteiger partial charge in [-0.15, -0.1) is 0 Å². The summed E-state index contributed by atoms with van der Waals surface area (Å²) < 4.78 is 10.7. The summed E-state index contributed by atoms with van der Waals surface area (Å²) in [6, 6.07) is 17.1. The van der Waals surface area contributed by atoms with Gasteiger partial charge in [-0.25, -0.2) is 0 Å². The second-order valence-electron chi connectivity index (χ2n) is 6.75. The number of ether oxygens (including phenoxy) is 2. The average Bonchev–Trinajstić information content (AvgIpc) is 2.72. The van der Waals surface area contributed by atoms with Crippen molar-refractivity contribution >= 4 is 11.6 Å². The lowest BCUT2D eigenvalue weighted by molar-refractivity contribution is -0.921. The highest BCUT2D eigenvalue weighted by Crippen LogP contribution is 2.18. The molecule has 27 heavy (non-hydrogen) atoms. The Kier molecular flexibility index (Phi) is 7.21. The third-order valence-electron chi connectivity index (χ3n) is 4.88. The molecular weight excluding hydrogens is 342 g/mol. The molecule has 0 aromatic heterocycles. The van der Waals surface area contributed by atoms with Crippen molar-refractivity contribution in [3.8, 4) is 5.75 Å². The first kappa shape index (κ1) is 19.4. The fraction of sp³-hybridized carbons (Fsp3) is 0.381. The van der Waals surface area contributed by atoms with Gasteiger partial charge in [0.2, 0.25) is 0 Å². The van der Waals surface area contributed by atoms with E-state index >= 15 is 0 Å². The summed E-state index contributed by atoms with van der Waals surface area (Å²) in [5, 5.41) is 5.16. The highest BCUT2D eigenvalue weighted by Gasteiger charge is 2.25. The van der Waals surface area contributed by atoms with Gasteiger partial charge in [0.1, 0.15) is 31.9 Å². The zero-order chi connectivity index (χ0) is 18.9. The molecule has 1 aliphatic rings. The summed E-state index contributed by atoms with van der Waals surface area (Å²) in [5.74, 6) is 0.704. The van der Waals surface area contributed by atoms with Crippen LogP contribution in [-0.4, -0.2) is 52.4 Å². The van der Waals surface area contributed by atoms with Gasteiger partial charge in [-0.1, -0.05) is 36.4 Å². The van der Waals surface area contributed by atoms with Crippen LogP contribution in [-0.2, 0) is 9.53 Å². The van der Waals surface area contributed by atoms with E-state index in [0.29, 0.717) is 0 Å². The third kappa shape index (κ3) is 5.79. The van der Waals surface area contributed by atoms with E-state index < -0.39 is 0 Å². The van der Waals surface area contributed by atoms with Crippen LogP contribution in [0.15, 0.2) is 54.6 Å². The number of carbonyl (C=O) groups excluding carboxylic acids is 1. The SMILES string of the molecule is COc1cccc(NC(=O)[C@@H]([NH2+]CC[NH+]2CCOCC2)c2ccccc2)c1. The Morgan fingerprint density at radius 3 is 2.70 bits per heavy atom. The molecule has 1 atom stereocenters. The highest BCUT2D eigenvalue weighted by atomic mass is 16.5. The van der Waals surface area contributed by atoms with Crippen molar-refractivity contribution in [1.29, 1.82) is 0 Å². The first-order chi connectivity index (χ1) is 13.3. The molecule has 3 rings (SSSR count). The van der Waals surface area contributed by atoms with Crippen LogP contribution in [0.2, 0.25) is 0 Å². The molecule has 6 heteroatoms. The molecule has 0 bridgehead atoms. The minimum absolute atomic E-state index is 0.0218. The van der Waals surface area contributed by atoms with Gasteiger partial charge < -0.3 is 25.0 Å². The van der Waals surface area contributed by atoms with E-state index in [1.165, 1.54) is 4.90 Å². The van der Waals surface area contributed by atoms with Crippen molar-refractivity contribution in [2.45, 2.75) is 6.04 Å². The van der Waals surface area contributed by atoms with Crippen LogP contribution in [0.5, 0.6) is 5.75 Å². The molecule has 1 saturated heterocycles. The van der Waals surface area contributed by atoms with Gasteiger partial charge in [0, 0.05) is 17.3 Å². The predicted octanol–water partition coefficient (Wildman–Crippen LogP) is -0.146. The number of nitrogens with two attached hydrogens (primary N) is 1. The van der Waals surface area contributed by atoms with Crippen LogP contribution < -0.4 is 20.3 Å². The summed E-state index contributed by atoms with van der Waals surface area (Å²) >= 11 is 0. The smallest absolute Gasteiger partial charge is 0.287 e. The molecule has 0 radical (unpaired) electrons. The van der Waals surface area contributed by atoms with Crippen LogP contribution >= 0.6 is 0 Å². The molecule has 1 aliphatic heterocycles. The summed E-state index contributed by atoms with van der Waals surface area (Å²) in [6.07, 6.45) is 0. The van der Waals surface area contributed by atoms with Crippen LogP contribution in [0.3, 0.4) is 0 Å². The zero-order valence-electron chi connectivity index (χ0n) is 15.8. The number of benzene rings is 2. The second-order valence-corrected chi connectivity index (χ2v) is 6.75. The van der Waals surface area contributed by atoms with Crippen molar-refractivity contribution in [2.24, 2.45) is 0 Å². The van der Waals surface area contributed by atoms with Gasteiger partial charge in [-0.2, -0.15) is 0 Å². The third-order valence-corrected chi connectivity index (χ3v) is 4.88. The summed E-state index contributed by atoms with van der Waals surface area (Å²) in [4.78, 5) is 14.5. The number of quaternary nitrogens is 2. The number of morpholine rings is 1. The van der Waals surface area contributed by atoms with E-state index in [0.717, 1.165) is 56.4 Å². The van der Waals surface area contributed by atoms with E-state index in [1.807, 2.05) is 54.6 Å². The zero-order valence-corrected chi connectivity index (χ0v) is 15.8. The molecule has 4 N–H and O–H groups in total. The highest BCUT2D eigenvalue weighted by molar-refractivity contribution is 5.94. The number of methoxy groups -OCH3 is 1. The van der Waals surface area contributed by atoms with Gasteiger partial charge in [0.15, 0.2) is 6.04 Å². The number of hydrogen-bond donors (Lipinski definition) is 3. The Hall–Kier alpha value is -2.41. The van der Waals surface area contributed by atoms with Crippen LogP contribution in [0, 0.1) is 0 Å². The second kappa shape index (κ2) is 10.1. The number of amides is 1. The Morgan fingerprint density at radius 1 is 1.19 bits per heavy atom. The molecule has 6 nitrogen and oxygen atoms in total. The molecule has 1 heterocycles. The Bertz CT molecular complexity index is 718. The van der Waals surface area contributed by atoms with E-state index in [4.69, 9.17) is 9.47 Å². The number of nitrogens with one attached hydrogen (secondary N) is 2. The minimum atomic E-state index is -0.280. The number of rotatable bonds is 8. The van der Waals surface area contributed by atoms with Crippen LogP contribution in [0.4, 0.5) is 5.69 Å². The van der Waals surface area contributed by atoms with Crippen LogP contribution in [0.1, 0.15) is 11.6 Å². The average molecular weight is 371 g/mol. The van der Waals surface area contributed by atoms with E-state index in [2.05, 4.69) is 10.6 Å². The van der Waals surface area contributed by atoms with Crippen molar-refractivity contribution in [3.05, 3.63) is 60.2 Å². The van der Waals surface area contributed by atoms with Crippen molar-refractivity contribution in [2.75, 3.05) is 51.8 Å². The number of hydrogen-bond acceptors (Lipinski definition) is 3. The Labute approximate surface area is 160 Å². The molecule has 0 unspecified atom stereocenters. The monoisotopic (exact) mass is 371 g/mol. The summed E-state index contributed by atoms with van der Waals surface area (Å²) in [5.41, 5.74) is 1.75.